The molecule has 0 saturated heterocycles. The van der Waals surface area contributed by atoms with Crippen molar-refractivity contribution in [2.45, 2.75) is 0 Å². The molecule has 4 heterocycles. The molecule has 88 valence electrons. The highest BCUT2D eigenvalue weighted by Crippen LogP contribution is 2.25. The molecular formula is C11H6BrN5S. The monoisotopic (exact) mass is 319 g/mol. The number of hydrogen-bond donors (Lipinski definition) is 0. The Bertz CT molecular complexity index is 826. The van der Waals surface area contributed by atoms with Gasteiger partial charge < -0.3 is 4.40 Å². The molecule has 0 aliphatic rings. The maximum absolute atomic E-state index is 4.57. The van der Waals surface area contributed by atoms with E-state index in [0.29, 0.717) is 0 Å². The van der Waals surface area contributed by atoms with Gasteiger partial charge in [-0.25, -0.2) is 14.5 Å². The van der Waals surface area contributed by atoms with Gasteiger partial charge in [0.15, 0.2) is 3.92 Å². The van der Waals surface area contributed by atoms with Crippen molar-refractivity contribution in [3.63, 3.8) is 0 Å². The molecule has 0 radical (unpaired) electrons. The Balaban J connectivity index is 2.00. The van der Waals surface area contributed by atoms with E-state index in [1.165, 1.54) is 11.3 Å². The zero-order chi connectivity index (χ0) is 12.1. The average molecular weight is 320 g/mol. The van der Waals surface area contributed by atoms with Gasteiger partial charge in [-0.05, 0) is 28.1 Å². The Morgan fingerprint density at radius 2 is 2.22 bits per heavy atom. The van der Waals surface area contributed by atoms with Crippen LogP contribution in [-0.4, -0.2) is 24.0 Å². The maximum Gasteiger partial charge on any atom is 0.213 e. The molecule has 5 nitrogen and oxygen atoms in total. The van der Waals surface area contributed by atoms with E-state index >= 15 is 0 Å². The first-order valence-corrected chi connectivity index (χ1v) is 6.86. The molecule has 7 heteroatoms. The Morgan fingerprint density at radius 3 is 3.11 bits per heavy atom. The van der Waals surface area contributed by atoms with Crippen molar-refractivity contribution in [2.75, 3.05) is 0 Å². The van der Waals surface area contributed by atoms with E-state index in [2.05, 4.69) is 31.0 Å². The first-order valence-electron chi connectivity index (χ1n) is 5.25. The average Bonchev–Trinajstić information content (AvgIpc) is 3.00. The molecule has 0 fully saturated rings. The Hall–Kier alpha value is -1.73. The fraction of sp³-hybridized carbons (Fsp3) is 0. The summed E-state index contributed by atoms with van der Waals surface area (Å²) >= 11 is 4.86. The predicted molar refractivity (Wildman–Crippen MR) is 72.8 cm³/mol. The molecular weight excluding hydrogens is 314 g/mol. The van der Waals surface area contributed by atoms with Gasteiger partial charge in [-0.1, -0.05) is 17.4 Å². The summed E-state index contributed by atoms with van der Waals surface area (Å²) in [5, 5.41) is 4.36. The largest absolute Gasteiger partial charge is 0.306 e. The standard InChI is InChI=1S/C11H6BrN5S/c12-10-15-17-8(5-13-11(17)18-10)7-6-16-4-2-1-3-9(16)14-7/h1-6H. The van der Waals surface area contributed by atoms with Crippen LogP contribution in [0, 0.1) is 0 Å². The minimum atomic E-state index is 0.815. The Morgan fingerprint density at radius 1 is 1.28 bits per heavy atom. The third-order valence-corrected chi connectivity index (χ3v) is 4.04. The molecule has 4 aromatic rings. The number of fused-ring (bicyclic) bond motifs is 2. The Labute approximate surface area is 114 Å². The number of hydrogen-bond acceptors (Lipinski definition) is 4. The molecule has 0 aliphatic heterocycles. The van der Waals surface area contributed by atoms with Gasteiger partial charge in [0.2, 0.25) is 4.96 Å². The topological polar surface area (TPSA) is 47.5 Å². The molecule has 0 bridgehead atoms. The molecule has 18 heavy (non-hydrogen) atoms. The minimum absolute atomic E-state index is 0.815. The maximum atomic E-state index is 4.57. The summed E-state index contributed by atoms with van der Waals surface area (Å²) < 4.78 is 4.60. The van der Waals surface area contributed by atoms with Gasteiger partial charge in [0.1, 0.15) is 17.0 Å². The van der Waals surface area contributed by atoms with E-state index in [9.17, 15) is 0 Å². The van der Waals surface area contributed by atoms with Crippen LogP contribution in [0.5, 0.6) is 0 Å². The van der Waals surface area contributed by atoms with Crippen LogP contribution in [0.25, 0.3) is 22.0 Å². The van der Waals surface area contributed by atoms with Crippen molar-refractivity contribution < 1.29 is 0 Å². The minimum Gasteiger partial charge on any atom is -0.306 e. The smallest absolute Gasteiger partial charge is 0.213 e. The molecule has 0 aliphatic carbocycles. The van der Waals surface area contributed by atoms with Gasteiger partial charge >= 0.3 is 0 Å². The van der Waals surface area contributed by atoms with Crippen LogP contribution in [0.2, 0.25) is 0 Å². The van der Waals surface area contributed by atoms with E-state index in [1.54, 1.807) is 10.7 Å². The van der Waals surface area contributed by atoms with E-state index in [1.807, 2.05) is 35.0 Å². The second kappa shape index (κ2) is 3.63. The first-order chi connectivity index (χ1) is 8.81. The summed E-state index contributed by atoms with van der Waals surface area (Å²) in [6, 6.07) is 5.92. The lowest BCUT2D eigenvalue weighted by atomic mass is 10.4. The molecule has 0 unspecified atom stereocenters. The van der Waals surface area contributed by atoms with Crippen LogP contribution >= 0.6 is 27.3 Å². The van der Waals surface area contributed by atoms with Gasteiger partial charge in [-0.15, -0.1) is 5.10 Å². The van der Waals surface area contributed by atoms with Crippen LogP contribution in [0.4, 0.5) is 0 Å². The number of pyridine rings is 1. The van der Waals surface area contributed by atoms with E-state index in [0.717, 1.165) is 25.9 Å². The molecule has 0 saturated carbocycles. The third-order valence-electron chi connectivity index (χ3n) is 2.69. The van der Waals surface area contributed by atoms with Crippen LogP contribution in [0.15, 0.2) is 40.7 Å². The highest BCUT2D eigenvalue weighted by Gasteiger charge is 2.13. The van der Waals surface area contributed by atoms with E-state index in [4.69, 9.17) is 0 Å². The molecule has 0 amide bonds. The quantitative estimate of drug-likeness (QED) is 0.542. The summed E-state index contributed by atoms with van der Waals surface area (Å²) in [7, 11) is 0. The normalized spacial score (nSPS) is 11.6. The number of halogens is 1. The van der Waals surface area contributed by atoms with Gasteiger partial charge in [0.05, 0.1) is 6.20 Å². The second-order valence-electron chi connectivity index (χ2n) is 3.79. The molecule has 4 rings (SSSR count). The lowest BCUT2D eigenvalue weighted by Gasteiger charge is -1.89. The summed E-state index contributed by atoms with van der Waals surface area (Å²) in [6.07, 6.45) is 5.75. The van der Waals surface area contributed by atoms with Crippen LogP contribution < -0.4 is 0 Å². The molecule has 0 aromatic carbocycles. The zero-order valence-electron chi connectivity index (χ0n) is 8.99. The van der Waals surface area contributed by atoms with Gasteiger partial charge in [0.25, 0.3) is 0 Å². The molecule has 0 atom stereocenters. The van der Waals surface area contributed by atoms with Crippen molar-refractivity contribution in [3.05, 3.63) is 40.7 Å². The number of nitrogens with zero attached hydrogens (tertiary/aromatic N) is 5. The SMILES string of the molecule is Brc1nn2c(-c3cn4ccccc4n3)cnc2s1. The molecule has 4 aromatic heterocycles. The fourth-order valence-electron chi connectivity index (χ4n) is 1.90. The van der Waals surface area contributed by atoms with Crippen LogP contribution in [0.3, 0.4) is 0 Å². The van der Waals surface area contributed by atoms with Gasteiger partial charge in [-0.3, -0.25) is 0 Å². The number of aromatic nitrogens is 5. The van der Waals surface area contributed by atoms with Crippen LogP contribution in [-0.2, 0) is 0 Å². The first kappa shape index (κ1) is 10.2. The Kier molecular flexibility index (Phi) is 2.06. The lowest BCUT2D eigenvalue weighted by Crippen LogP contribution is -1.87. The highest BCUT2D eigenvalue weighted by atomic mass is 79.9. The fourth-order valence-corrected chi connectivity index (χ4v) is 3.10. The van der Waals surface area contributed by atoms with Crippen molar-refractivity contribution in [3.8, 4) is 11.4 Å². The third kappa shape index (κ3) is 1.41. The number of rotatable bonds is 1. The predicted octanol–water partition coefficient (Wildman–Crippen LogP) is 2.87. The summed E-state index contributed by atoms with van der Waals surface area (Å²) in [4.78, 5) is 9.75. The van der Waals surface area contributed by atoms with Crippen molar-refractivity contribution in [1.29, 1.82) is 0 Å². The summed E-state index contributed by atoms with van der Waals surface area (Å²) in [5.74, 6) is 0. The molecule has 0 spiro atoms. The van der Waals surface area contributed by atoms with Crippen molar-refractivity contribution >= 4 is 37.9 Å². The van der Waals surface area contributed by atoms with E-state index in [-0.39, 0.29) is 0 Å². The zero-order valence-corrected chi connectivity index (χ0v) is 11.4. The van der Waals surface area contributed by atoms with Gasteiger partial charge in [0, 0.05) is 12.4 Å². The van der Waals surface area contributed by atoms with Crippen molar-refractivity contribution in [2.24, 2.45) is 0 Å². The second-order valence-corrected chi connectivity index (χ2v) is 6.02. The highest BCUT2D eigenvalue weighted by molar-refractivity contribution is 9.11. The summed E-state index contributed by atoms with van der Waals surface area (Å²) in [5.41, 5.74) is 2.68. The van der Waals surface area contributed by atoms with Gasteiger partial charge in [-0.2, -0.15) is 0 Å². The van der Waals surface area contributed by atoms with Crippen molar-refractivity contribution in [1.82, 2.24) is 24.0 Å². The van der Waals surface area contributed by atoms with E-state index < -0.39 is 0 Å². The summed E-state index contributed by atoms with van der Waals surface area (Å²) in [6.45, 7) is 0. The molecule has 0 N–H and O–H groups in total. The van der Waals surface area contributed by atoms with Crippen LogP contribution in [0.1, 0.15) is 0 Å². The lowest BCUT2D eigenvalue weighted by molar-refractivity contribution is 0.962. The number of imidazole rings is 2.